The first-order valence-electron chi connectivity index (χ1n) is 3.73. The highest BCUT2D eigenvalue weighted by Gasteiger charge is 2.01. The van der Waals surface area contributed by atoms with Crippen LogP contribution < -0.4 is 0 Å². The van der Waals surface area contributed by atoms with Crippen LogP contribution in [0.25, 0.3) is 0 Å². The molecule has 0 N–H and O–H groups in total. The normalized spacial score (nSPS) is 11.7. The third-order valence-electron chi connectivity index (χ3n) is 1.53. The molecule has 0 bridgehead atoms. The van der Waals surface area contributed by atoms with Crippen LogP contribution >= 0.6 is 0 Å². The number of rotatable bonds is 4. The molecule has 2 heteroatoms. The highest BCUT2D eigenvalue weighted by molar-refractivity contribution is 5.68. The Hall–Kier alpha value is -0.970. The molecular weight excluding hydrogens is 140 g/mol. The maximum Gasteiger partial charge on any atom is 0.305 e. The monoisotopic (exact) mass is 154 g/mol. The maximum absolute atomic E-state index is 10.6. The van der Waals surface area contributed by atoms with Crippen molar-refractivity contribution < 1.29 is 9.53 Å². The van der Waals surface area contributed by atoms with Gasteiger partial charge in [-0.05, 0) is 12.8 Å². The van der Waals surface area contributed by atoms with E-state index >= 15 is 0 Å². The lowest BCUT2D eigenvalue weighted by molar-refractivity contribution is -0.140. The molecule has 0 aromatic heterocycles. The molecule has 11 heavy (non-hydrogen) atoms. The van der Waals surface area contributed by atoms with Crippen LogP contribution in [-0.2, 0) is 9.53 Å². The first-order valence-corrected chi connectivity index (χ1v) is 3.73. The lowest BCUT2D eigenvalue weighted by atomic mass is 10.1. The van der Waals surface area contributed by atoms with Crippen molar-refractivity contribution in [3.05, 3.63) is 0 Å². The highest BCUT2D eigenvalue weighted by atomic mass is 16.5. The summed E-state index contributed by atoms with van der Waals surface area (Å²) in [7, 11) is 1.40. The number of carbonyl (C=O) groups is 1. The van der Waals surface area contributed by atoms with E-state index in [0.29, 0.717) is 6.42 Å². The second-order valence-electron chi connectivity index (χ2n) is 2.54. The zero-order valence-corrected chi connectivity index (χ0v) is 7.09. The fourth-order valence-corrected chi connectivity index (χ4v) is 0.738. The Labute approximate surface area is 67.9 Å². The van der Waals surface area contributed by atoms with Gasteiger partial charge in [0.25, 0.3) is 0 Å². The van der Waals surface area contributed by atoms with Crippen molar-refractivity contribution in [2.24, 2.45) is 5.92 Å². The van der Waals surface area contributed by atoms with Crippen LogP contribution in [0.3, 0.4) is 0 Å². The molecule has 0 saturated heterocycles. The predicted octanol–water partition coefficient (Wildman–Crippen LogP) is 1.60. The minimum atomic E-state index is -0.158. The molecule has 0 spiro atoms. The zero-order valence-electron chi connectivity index (χ0n) is 7.09. The topological polar surface area (TPSA) is 26.3 Å². The van der Waals surface area contributed by atoms with Crippen LogP contribution in [0.4, 0.5) is 0 Å². The average Bonchev–Trinajstić information content (AvgIpc) is 2.04. The van der Waals surface area contributed by atoms with E-state index in [2.05, 4.69) is 10.7 Å². The fraction of sp³-hybridized carbons (Fsp3) is 0.667. The van der Waals surface area contributed by atoms with E-state index in [1.807, 2.05) is 6.92 Å². The van der Waals surface area contributed by atoms with E-state index in [1.165, 1.54) is 7.11 Å². The standard InChI is InChI=1S/C9H14O2/c1-4-8(2)6-5-7-9(10)11-3/h1,8H,5-7H2,2-3H3. The van der Waals surface area contributed by atoms with Crippen LogP contribution in [0.2, 0.25) is 0 Å². The van der Waals surface area contributed by atoms with Gasteiger partial charge in [0.05, 0.1) is 7.11 Å². The van der Waals surface area contributed by atoms with E-state index in [-0.39, 0.29) is 11.9 Å². The van der Waals surface area contributed by atoms with Crippen LogP contribution in [0, 0.1) is 18.3 Å². The Bertz CT molecular complexity index is 155. The number of carbonyl (C=O) groups excluding carboxylic acids is 1. The molecule has 0 radical (unpaired) electrons. The fourth-order valence-electron chi connectivity index (χ4n) is 0.738. The van der Waals surface area contributed by atoms with Gasteiger partial charge < -0.3 is 4.74 Å². The number of methoxy groups -OCH3 is 1. The van der Waals surface area contributed by atoms with Gasteiger partial charge in [-0.25, -0.2) is 0 Å². The zero-order chi connectivity index (χ0) is 8.69. The minimum absolute atomic E-state index is 0.158. The Morgan fingerprint density at radius 3 is 2.82 bits per heavy atom. The number of hydrogen-bond donors (Lipinski definition) is 0. The minimum Gasteiger partial charge on any atom is -0.469 e. The van der Waals surface area contributed by atoms with Crippen molar-refractivity contribution in [3.63, 3.8) is 0 Å². The molecular formula is C9H14O2. The Kier molecular flexibility index (Phi) is 5.28. The van der Waals surface area contributed by atoms with Gasteiger partial charge in [-0.3, -0.25) is 4.79 Å². The first-order chi connectivity index (χ1) is 5.20. The summed E-state index contributed by atoms with van der Waals surface area (Å²) in [6.45, 7) is 1.97. The van der Waals surface area contributed by atoms with Gasteiger partial charge in [0.2, 0.25) is 0 Å². The smallest absolute Gasteiger partial charge is 0.305 e. The molecule has 1 atom stereocenters. The van der Waals surface area contributed by atoms with Crippen molar-refractivity contribution >= 4 is 5.97 Å². The highest BCUT2D eigenvalue weighted by Crippen LogP contribution is 2.06. The van der Waals surface area contributed by atoms with Crippen molar-refractivity contribution in [2.75, 3.05) is 7.11 Å². The molecule has 0 heterocycles. The van der Waals surface area contributed by atoms with Crippen molar-refractivity contribution in [2.45, 2.75) is 26.2 Å². The Balaban J connectivity index is 3.29. The molecule has 0 aliphatic rings. The van der Waals surface area contributed by atoms with Crippen LogP contribution in [0.1, 0.15) is 26.2 Å². The molecule has 1 unspecified atom stereocenters. The van der Waals surface area contributed by atoms with Gasteiger partial charge in [0.15, 0.2) is 0 Å². The van der Waals surface area contributed by atoms with Crippen molar-refractivity contribution in [1.29, 1.82) is 0 Å². The summed E-state index contributed by atoms with van der Waals surface area (Å²) in [6.07, 6.45) is 7.34. The van der Waals surface area contributed by atoms with Gasteiger partial charge in [-0.1, -0.05) is 6.92 Å². The lowest BCUT2D eigenvalue weighted by Gasteiger charge is -2.01. The summed E-state index contributed by atoms with van der Waals surface area (Å²) in [5, 5.41) is 0. The number of esters is 1. The number of terminal acetylenes is 1. The Morgan fingerprint density at radius 1 is 1.73 bits per heavy atom. The van der Waals surface area contributed by atoms with Gasteiger partial charge in [-0.15, -0.1) is 12.3 Å². The largest absolute Gasteiger partial charge is 0.469 e. The van der Waals surface area contributed by atoms with E-state index in [0.717, 1.165) is 12.8 Å². The van der Waals surface area contributed by atoms with E-state index < -0.39 is 0 Å². The molecule has 0 amide bonds. The molecule has 0 saturated carbocycles. The van der Waals surface area contributed by atoms with E-state index in [9.17, 15) is 4.79 Å². The summed E-state index contributed by atoms with van der Waals surface area (Å²) >= 11 is 0. The van der Waals surface area contributed by atoms with Crippen LogP contribution in [0.5, 0.6) is 0 Å². The average molecular weight is 154 g/mol. The van der Waals surface area contributed by atoms with Crippen molar-refractivity contribution in [1.82, 2.24) is 0 Å². The number of ether oxygens (including phenoxy) is 1. The summed E-state index contributed by atoms with van der Waals surface area (Å²) in [5.41, 5.74) is 0. The molecule has 0 aliphatic carbocycles. The third-order valence-corrected chi connectivity index (χ3v) is 1.53. The SMILES string of the molecule is C#CC(C)CCCC(=O)OC. The first kappa shape index (κ1) is 10.0. The lowest BCUT2D eigenvalue weighted by Crippen LogP contribution is -2.00. The third kappa shape index (κ3) is 5.47. The van der Waals surface area contributed by atoms with Crippen LogP contribution in [0.15, 0.2) is 0 Å². The number of hydrogen-bond acceptors (Lipinski definition) is 2. The van der Waals surface area contributed by atoms with E-state index in [4.69, 9.17) is 6.42 Å². The second kappa shape index (κ2) is 5.79. The molecule has 2 nitrogen and oxygen atoms in total. The van der Waals surface area contributed by atoms with Gasteiger partial charge >= 0.3 is 5.97 Å². The molecule has 0 aromatic carbocycles. The summed E-state index contributed by atoms with van der Waals surface area (Å²) in [5.74, 6) is 2.71. The summed E-state index contributed by atoms with van der Waals surface area (Å²) in [6, 6.07) is 0. The van der Waals surface area contributed by atoms with Gasteiger partial charge in [0, 0.05) is 12.3 Å². The quantitative estimate of drug-likeness (QED) is 0.454. The molecule has 0 rings (SSSR count). The van der Waals surface area contributed by atoms with E-state index in [1.54, 1.807) is 0 Å². The molecule has 62 valence electrons. The second-order valence-corrected chi connectivity index (χ2v) is 2.54. The van der Waals surface area contributed by atoms with Crippen molar-refractivity contribution in [3.8, 4) is 12.3 Å². The van der Waals surface area contributed by atoms with Crippen LogP contribution in [-0.4, -0.2) is 13.1 Å². The predicted molar refractivity (Wildman–Crippen MR) is 43.9 cm³/mol. The maximum atomic E-state index is 10.6. The molecule has 0 aliphatic heterocycles. The molecule has 0 aromatic rings. The van der Waals surface area contributed by atoms with Gasteiger partial charge in [0.1, 0.15) is 0 Å². The molecule has 0 fully saturated rings. The van der Waals surface area contributed by atoms with Gasteiger partial charge in [-0.2, -0.15) is 0 Å². The summed E-state index contributed by atoms with van der Waals surface area (Å²) < 4.78 is 4.48. The Morgan fingerprint density at radius 2 is 2.36 bits per heavy atom. The summed E-state index contributed by atoms with van der Waals surface area (Å²) in [4.78, 5) is 10.6.